The minimum Gasteiger partial charge on any atom is -0.326 e. The summed E-state index contributed by atoms with van der Waals surface area (Å²) in [5.41, 5.74) is 8.23. The maximum atomic E-state index is 12.2. The molecular formula is C16H20N4O. The molecule has 5 nitrogen and oxygen atoms in total. The summed E-state index contributed by atoms with van der Waals surface area (Å²) < 4.78 is 0. The van der Waals surface area contributed by atoms with Crippen LogP contribution in [-0.2, 0) is 13.1 Å². The van der Waals surface area contributed by atoms with E-state index in [4.69, 9.17) is 5.73 Å². The average molecular weight is 284 g/mol. The maximum Gasteiger partial charge on any atom is 0.256 e. The number of amides is 1. The predicted octanol–water partition coefficient (Wildman–Crippen LogP) is 1.85. The van der Waals surface area contributed by atoms with E-state index in [-0.39, 0.29) is 5.91 Å². The van der Waals surface area contributed by atoms with E-state index in [2.05, 4.69) is 15.2 Å². The number of carbonyl (C=O) groups excluding carboxylic acids is 1. The Hall–Kier alpha value is -2.24. The fourth-order valence-electron chi connectivity index (χ4n) is 1.99. The monoisotopic (exact) mass is 284 g/mol. The van der Waals surface area contributed by atoms with Crippen molar-refractivity contribution < 1.29 is 4.79 Å². The van der Waals surface area contributed by atoms with Gasteiger partial charge in [0.05, 0.1) is 0 Å². The van der Waals surface area contributed by atoms with Crippen molar-refractivity contribution in [1.82, 2.24) is 9.88 Å². The van der Waals surface area contributed by atoms with Gasteiger partial charge in [0.2, 0.25) is 0 Å². The summed E-state index contributed by atoms with van der Waals surface area (Å²) in [5.74, 6) is 0.385. The van der Waals surface area contributed by atoms with Gasteiger partial charge >= 0.3 is 0 Å². The fraction of sp³-hybridized carbons (Fsp3) is 0.250. The first-order valence-electron chi connectivity index (χ1n) is 6.78. The van der Waals surface area contributed by atoms with E-state index in [1.165, 1.54) is 0 Å². The molecule has 0 saturated carbocycles. The summed E-state index contributed by atoms with van der Waals surface area (Å²) in [5, 5.41) is 2.81. The van der Waals surface area contributed by atoms with Gasteiger partial charge in [0.1, 0.15) is 5.82 Å². The standard InChI is InChI=1S/C16H20N4O/c1-20(2)11-13-7-8-18-15(9-13)19-16(21)14-5-3-12(10-17)4-6-14/h3-9H,10-11,17H2,1-2H3,(H,18,19,21). The molecule has 0 aliphatic carbocycles. The van der Waals surface area contributed by atoms with Crippen LogP contribution in [0.4, 0.5) is 5.82 Å². The first kappa shape index (κ1) is 15.2. The van der Waals surface area contributed by atoms with E-state index >= 15 is 0 Å². The van der Waals surface area contributed by atoms with Crippen LogP contribution in [0.3, 0.4) is 0 Å². The number of nitrogens with zero attached hydrogens (tertiary/aromatic N) is 2. The number of pyridine rings is 1. The van der Waals surface area contributed by atoms with Crippen molar-refractivity contribution >= 4 is 11.7 Å². The third-order valence-corrected chi connectivity index (χ3v) is 3.02. The van der Waals surface area contributed by atoms with Crippen molar-refractivity contribution in [3.8, 4) is 0 Å². The largest absolute Gasteiger partial charge is 0.326 e. The molecule has 1 amide bonds. The summed E-state index contributed by atoms with van der Waals surface area (Å²) in [6.45, 7) is 1.27. The zero-order chi connectivity index (χ0) is 15.2. The minimum absolute atomic E-state index is 0.173. The van der Waals surface area contributed by atoms with Crippen molar-refractivity contribution in [2.24, 2.45) is 5.73 Å². The molecular weight excluding hydrogens is 264 g/mol. The molecule has 2 aromatic rings. The zero-order valence-electron chi connectivity index (χ0n) is 12.3. The highest BCUT2D eigenvalue weighted by Crippen LogP contribution is 2.11. The molecule has 0 fully saturated rings. The normalized spacial score (nSPS) is 10.7. The molecule has 110 valence electrons. The van der Waals surface area contributed by atoms with E-state index in [9.17, 15) is 4.79 Å². The Morgan fingerprint density at radius 1 is 1.19 bits per heavy atom. The molecule has 5 heteroatoms. The van der Waals surface area contributed by atoms with Crippen LogP contribution in [-0.4, -0.2) is 29.9 Å². The summed E-state index contributed by atoms with van der Waals surface area (Å²) >= 11 is 0. The number of hydrogen-bond donors (Lipinski definition) is 2. The molecule has 0 spiro atoms. The van der Waals surface area contributed by atoms with Gasteiger partial charge in [0.15, 0.2) is 0 Å². The number of benzene rings is 1. The number of hydrogen-bond acceptors (Lipinski definition) is 4. The maximum absolute atomic E-state index is 12.2. The molecule has 3 N–H and O–H groups in total. The molecule has 0 radical (unpaired) electrons. The van der Waals surface area contributed by atoms with Crippen LogP contribution in [0.1, 0.15) is 21.5 Å². The first-order valence-corrected chi connectivity index (χ1v) is 6.78. The van der Waals surface area contributed by atoms with Gasteiger partial charge in [-0.1, -0.05) is 12.1 Å². The van der Waals surface area contributed by atoms with Gasteiger partial charge in [-0.05, 0) is 49.5 Å². The highest BCUT2D eigenvalue weighted by Gasteiger charge is 2.07. The van der Waals surface area contributed by atoms with Crippen LogP contribution >= 0.6 is 0 Å². The third-order valence-electron chi connectivity index (χ3n) is 3.02. The lowest BCUT2D eigenvalue weighted by Gasteiger charge is -2.11. The third kappa shape index (κ3) is 4.37. The van der Waals surface area contributed by atoms with Gasteiger partial charge < -0.3 is 16.0 Å². The molecule has 0 bridgehead atoms. The average Bonchev–Trinajstić information content (AvgIpc) is 2.47. The molecule has 21 heavy (non-hydrogen) atoms. The Kier molecular flexibility index (Phi) is 5.03. The molecule has 1 aromatic carbocycles. The molecule has 0 saturated heterocycles. The Bertz CT molecular complexity index is 608. The first-order chi connectivity index (χ1) is 10.1. The molecule has 1 aromatic heterocycles. The van der Waals surface area contributed by atoms with E-state index in [1.807, 2.05) is 38.4 Å². The van der Waals surface area contributed by atoms with Crippen LogP contribution < -0.4 is 11.1 Å². The van der Waals surface area contributed by atoms with Crippen molar-refractivity contribution in [1.29, 1.82) is 0 Å². The van der Waals surface area contributed by atoms with E-state index < -0.39 is 0 Å². The van der Waals surface area contributed by atoms with Crippen LogP contribution in [0.2, 0.25) is 0 Å². The molecule has 0 aliphatic rings. The highest BCUT2D eigenvalue weighted by molar-refractivity contribution is 6.03. The van der Waals surface area contributed by atoms with Crippen molar-refractivity contribution in [3.63, 3.8) is 0 Å². The number of rotatable bonds is 5. The van der Waals surface area contributed by atoms with Crippen molar-refractivity contribution in [3.05, 3.63) is 59.3 Å². The van der Waals surface area contributed by atoms with Gasteiger partial charge in [-0.25, -0.2) is 4.98 Å². The smallest absolute Gasteiger partial charge is 0.256 e. The fourth-order valence-corrected chi connectivity index (χ4v) is 1.99. The second-order valence-electron chi connectivity index (χ2n) is 5.14. The lowest BCUT2D eigenvalue weighted by molar-refractivity contribution is 0.102. The van der Waals surface area contributed by atoms with E-state index in [0.29, 0.717) is 17.9 Å². The summed E-state index contributed by atoms with van der Waals surface area (Å²) in [4.78, 5) is 18.4. The van der Waals surface area contributed by atoms with Crippen LogP contribution in [0.25, 0.3) is 0 Å². The summed E-state index contributed by atoms with van der Waals surface area (Å²) in [6, 6.07) is 11.1. The Labute approximate surface area is 124 Å². The SMILES string of the molecule is CN(C)Cc1ccnc(NC(=O)c2ccc(CN)cc2)c1. The Balaban J connectivity index is 2.07. The second kappa shape index (κ2) is 6.97. The van der Waals surface area contributed by atoms with Gasteiger partial charge in [-0.15, -0.1) is 0 Å². The predicted molar refractivity (Wildman–Crippen MR) is 83.9 cm³/mol. The quantitative estimate of drug-likeness (QED) is 0.879. The minimum atomic E-state index is -0.173. The van der Waals surface area contributed by atoms with Gasteiger partial charge in [0.25, 0.3) is 5.91 Å². The Morgan fingerprint density at radius 3 is 2.52 bits per heavy atom. The molecule has 0 unspecified atom stereocenters. The molecule has 0 aliphatic heterocycles. The van der Waals surface area contributed by atoms with Gasteiger partial charge in [-0.2, -0.15) is 0 Å². The van der Waals surface area contributed by atoms with E-state index in [1.54, 1.807) is 18.3 Å². The molecule has 1 heterocycles. The molecule has 2 rings (SSSR count). The second-order valence-corrected chi connectivity index (χ2v) is 5.14. The summed E-state index contributed by atoms with van der Waals surface area (Å²) in [6.07, 6.45) is 1.70. The number of nitrogens with one attached hydrogen (secondary N) is 1. The lowest BCUT2D eigenvalue weighted by atomic mass is 10.1. The highest BCUT2D eigenvalue weighted by atomic mass is 16.1. The Morgan fingerprint density at radius 2 is 1.90 bits per heavy atom. The van der Waals surface area contributed by atoms with Crippen LogP contribution in [0, 0.1) is 0 Å². The number of anilines is 1. The number of aromatic nitrogens is 1. The van der Waals surface area contributed by atoms with E-state index in [0.717, 1.165) is 17.7 Å². The number of carbonyl (C=O) groups is 1. The van der Waals surface area contributed by atoms with Crippen LogP contribution in [0.15, 0.2) is 42.6 Å². The van der Waals surface area contributed by atoms with Crippen molar-refractivity contribution in [2.45, 2.75) is 13.1 Å². The zero-order valence-corrected chi connectivity index (χ0v) is 12.3. The number of nitrogens with two attached hydrogens (primary N) is 1. The lowest BCUT2D eigenvalue weighted by Crippen LogP contribution is -2.14. The topological polar surface area (TPSA) is 71.2 Å². The molecule has 0 atom stereocenters. The van der Waals surface area contributed by atoms with Crippen LogP contribution in [0.5, 0.6) is 0 Å². The van der Waals surface area contributed by atoms with Gasteiger partial charge in [-0.3, -0.25) is 4.79 Å². The van der Waals surface area contributed by atoms with Gasteiger partial charge in [0, 0.05) is 24.8 Å². The summed E-state index contributed by atoms with van der Waals surface area (Å²) in [7, 11) is 4.00. The van der Waals surface area contributed by atoms with Crippen molar-refractivity contribution in [2.75, 3.05) is 19.4 Å².